The Hall–Kier alpha value is -1.13. The topological polar surface area (TPSA) is 57.6 Å². The number of hydrogen-bond acceptors (Lipinski definition) is 2. The predicted molar refractivity (Wildman–Crippen MR) is 38.0 cm³/mol. The Morgan fingerprint density at radius 3 is 2.75 bits per heavy atom. The number of amides is 1. The second-order valence-corrected chi connectivity index (χ2v) is 3.03. The number of aliphatic carboxylic acids is 1. The SMILES string of the molecule is CC1CC(=O)N(C(F)C(=O)O)C1. The van der Waals surface area contributed by atoms with Gasteiger partial charge in [-0.05, 0) is 5.92 Å². The summed E-state index contributed by atoms with van der Waals surface area (Å²) in [6.07, 6.45) is -1.93. The summed E-state index contributed by atoms with van der Waals surface area (Å²) in [7, 11) is 0. The van der Waals surface area contributed by atoms with E-state index in [4.69, 9.17) is 5.11 Å². The van der Waals surface area contributed by atoms with Crippen LogP contribution in [0.5, 0.6) is 0 Å². The fraction of sp³-hybridized carbons (Fsp3) is 0.714. The molecular formula is C7H10FNO3. The highest BCUT2D eigenvalue weighted by Gasteiger charge is 2.35. The molecule has 0 radical (unpaired) electrons. The summed E-state index contributed by atoms with van der Waals surface area (Å²) in [5, 5.41) is 8.28. The van der Waals surface area contributed by atoms with Crippen LogP contribution in [0, 0.1) is 5.92 Å². The quantitative estimate of drug-likeness (QED) is 0.611. The van der Waals surface area contributed by atoms with Gasteiger partial charge < -0.3 is 10.0 Å². The molecule has 1 heterocycles. The minimum atomic E-state index is -2.18. The zero-order chi connectivity index (χ0) is 9.30. The van der Waals surface area contributed by atoms with Crippen molar-refractivity contribution in [2.45, 2.75) is 19.6 Å². The smallest absolute Gasteiger partial charge is 0.359 e. The van der Waals surface area contributed by atoms with Crippen molar-refractivity contribution in [3.63, 3.8) is 0 Å². The van der Waals surface area contributed by atoms with Gasteiger partial charge in [-0.25, -0.2) is 9.18 Å². The monoisotopic (exact) mass is 175 g/mol. The third kappa shape index (κ3) is 1.54. The highest BCUT2D eigenvalue weighted by Crippen LogP contribution is 2.19. The second kappa shape index (κ2) is 3.08. The van der Waals surface area contributed by atoms with Gasteiger partial charge in [0.2, 0.25) is 5.91 Å². The molecule has 1 amide bonds. The van der Waals surface area contributed by atoms with Gasteiger partial charge in [-0.2, -0.15) is 0 Å². The standard InChI is InChI=1S/C7H10FNO3/c1-4-2-5(10)9(3-4)6(8)7(11)12/h4,6H,2-3H2,1H3,(H,11,12). The molecule has 0 aromatic carbocycles. The molecule has 1 saturated heterocycles. The summed E-state index contributed by atoms with van der Waals surface area (Å²) < 4.78 is 12.8. The molecule has 4 nitrogen and oxygen atoms in total. The lowest BCUT2D eigenvalue weighted by Crippen LogP contribution is -2.38. The molecule has 1 N–H and O–H groups in total. The first-order chi connectivity index (χ1) is 5.52. The van der Waals surface area contributed by atoms with Crippen molar-refractivity contribution in [3.8, 4) is 0 Å². The number of carboxylic acid groups (broad SMARTS) is 1. The molecule has 0 saturated carbocycles. The van der Waals surface area contributed by atoms with E-state index in [1.807, 2.05) is 0 Å². The first-order valence-corrected chi connectivity index (χ1v) is 3.68. The van der Waals surface area contributed by atoms with Crippen molar-refractivity contribution in [2.75, 3.05) is 6.54 Å². The second-order valence-electron chi connectivity index (χ2n) is 3.03. The molecular weight excluding hydrogens is 165 g/mol. The Labute approximate surface area is 69.0 Å². The molecule has 2 unspecified atom stereocenters. The molecule has 0 aromatic heterocycles. The number of likely N-dealkylation sites (tertiary alicyclic amines) is 1. The Balaban J connectivity index is 2.64. The van der Waals surface area contributed by atoms with E-state index >= 15 is 0 Å². The van der Waals surface area contributed by atoms with E-state index in [0.717, 1.165) is 4.90 Å². The van der Waals surface area contributed by atoms with Crippen LogP contribution in [0.25, 0.3) is 0 Å². The molecule has 1 aliphatic heterocycles. The number of carbonyl (C=O) groups is 2. The molecule has 1 fully saturated rings. The van der Waals surface area contributed by atoms with Crippen molar-refractivity contribution in [2.24, 2.45) is 5.92 Å². The van der Waals surface area contributed by atoms with Crippen molar-refractivity contribution < 1.29 is 19.1 Å². The van der Waals surface area contributed by atoms with E-state index in [1.54, 1.807) is 6.92 Å². The van der Waals surface area contributed by atoms with Crippen molar-refractivity contribution >= 4 is 11.9 Å². The summed E-state index contributed by atoms with van der Waals surface area (Å²) in [5.74, 6) is -1.97. The highest BCUT2D eigenvalue weighted by molar-refractivity contribution is 5.84. The molecule has 12 heavy (non-hydrogen) atoms. The molecule has 1 rings (SSSR count). The lowest BCUT2D eigenvalue weighted by atomic mass is 10.2. The Kier molecular flexibility index (Phi) is 2.30. The molecule has 1 aliphatic rings. The van der Waals surface area contributed by atoms with Gasteiger partial charge in [0, 0.05) is 13.0 Å². The van der Waals surface area contributed by atoms with Crippen LogP contribution in [-0.4, -0.2) is 34.7 Å². The summed E-state index contributed by atoms with van der Waals surface area (Å²) in [5.41, 5.74) is 0. The molecule has 5 heteroatoms. The number of alkyl halides is 1. The minimum Gasteiger partial charge on any atom is -0.478 e. The number of carboxylic acids is 1. The summed E-state index contributed by atoms with van der Waals surface area (Å²) in [6, 6.07) is 0. The lowest BCUT2D eigenvalue weighted by molar-refractivity contribution is -0.155. The molecule has 2 atom stereocenters. The summed E-state index contributed by atoms with van der Waals surface area (Å²) >= 11 is 0. The van der Waals surface area contributed by atoms with Gasteiger partial charge in [0.1, 0.15) is 0 Å². The first-order valence-electron chi connectivity index (χ1n) is 3.68. The summed E-state index contributed by atoms with van der Waals surface area (Å²) in [4.78, 5) is 21.9. The highest BCUT2D eigenvalue weighted by atomic mass is 19.1. The van der Waals surface area contributed by atoms with Gasteiger partial charge >= 0.3 is 5.97 Å². The minimum absolute atomic E-state index is 0.0510. The Bertz CT molecular complexity index is 219. The maximum Gasteiger partial charge on any atom is 0.359 e. The third-order valence-electron chi connectivity index (χ3n) is 1.83. The largest absolute Gasteiger partial charge is 0.478 e. The molecule has 0 bridgehead atoms. The molecule has 0 spiro atoms. The fourth-order valence-electron chi connectivity index (χ4n) is 1.27. The van der Waals surface area contributed by atoms with Crippen molar-refractivity contribution in [1.82, 2.24) is 4.90 Å². The number of nitrogens with zero attached hydrogens (tertiary/aromatic N) is 1. The average Bonchev–Trinajstić information content (AvgIpc) is 2.28. The van der Waals surface area contributed by atoms with Crippen molar-refractivity contribution in [1.29, 1.82) is 0 Å². The van der Waals surface area contributed by atoms with Crippen LogP contribution in [0.1, 0.15) is 13.3 Å². The normalized spacial score (nSPS) is 26.0. The first kappa shape index (κ1) is 8.96. The average molecular weight is 175 g/mol. The maximum absolute atomic E-state index is 12.8. The number of rotatable bonds is 2. The van der Waals surface area contributed by atoms with E-state index in [2.05, 4.69) is 0 Å². The van der Waals surface area contributed by atoms with E-state index in [-0.39, 0.29) is 18.9 Å². The van der Waals surface area contributed by atoms with Crippen LogP contribution in [-0.2, 0) is 9.59 Å². The molecule has 0 aromatic rings. The Morgan fingerprint density at radius 1 is 1.83 bits per heavy atom. The maximum atomic E-state index is 12.8. The van der Waals surface area contributed by atoms with E-state index in [0.29, 0.717) is 0 Å². The zero-order valence-electron chi connectivity index (χ0n) is 6.66. The van der Waals surface area contributed by atoms with E-state index in [1.165, 1.54) is 0 Å². The van der Waals surface area contributed by atoms with Crippen LogP contribution < -0.4 is 0 Å². The predicted octanol–water partition coefficient (Wildman–Crippen LogP) is 0.235. The third-order valence-corrected chi connectivity index (χ3v) is 1.83. The van der Waals surface area contributed by atoms with E-state index < -0.39 is 18.2 Å². The number of halogens is 1. The van der Waals surface area contributed by atoms with Crippen LogP contribution in [0.4, 0.5) is 4.39 Å². The van der Waals surface area contributed by atoms with Gasteiger partial charge in [0.15, 0.2) is 0 Å². The fourth-order valence-corrected chi connectivity index (χ4v) is 1.27. The van der Waals surface area contributed by atoms with Crippen molar-refractivity contribution in [3.05, 3.63) is 0 Å². The summed E-state index contributed by atoms with van der Waals surface area (Å²) in [6.45, 7) is 1.98. The van der Waals surface area contributed by atoms with Gasteiger partial charge in [-0.1, -0.05) is 6.92 Å². The van der Waals surface area contributed by atoms with Crippen LogP contribution >= 0.6 is 0 Å². The number of hydrogen-bond donors (Lipinski definition) is 1. The van der Waals surface area contributed by atoms with Gasteiger partial charge in [-0.15, -0.1) is 0 Å². The van der Waals surface area contributed by atoms with E-state index in [9.17, 15) is 14.0 Å². The van der Waals surface area contributed by atoms with Gasteiger partial charge in [0.05, 0.1) is 0 Å². The van der Waals surface area contributed by atoms with Gasteiger partial charge in [-0.3, -0.25) is 4.79 Å². The lowest BCUT2D eigenvalue weighted by Gasteiger charge is -2.16. The zero-order valence-corrected chi connectivity index (χ0v) is 6.66. The van der Waals surface area contributed by atoms with Gasteiger partial charge in [0.25, 0.3) is 6.30 Å². The number of carbonyl (C=O) groups excluding carboxylic acids is 1. The van der Waals surface area contributed by atoms with Crippen LogP contribution in [0.15, 0.2) is 0 Å². The molecule has 0 aliphatic carbocycles. The molecule has 68 valence electrons. The Morgan fingerprint density at radius 2 is 2.42 bits per heavy atom. The van der Waals surface area contributed by atoms with Crippen LogP contribution in [0.2, 0.25) is 0 Å². The van der Waals surface area contributed by atoms with Crippen LogP contribution in [0.3, 0.4) is 0 Å².